The van der Waals surface area contributed by atoms with Gasteiger partial charge < -0.3 is 19.9 Å². The van der Waals surface area contributed by atoms with Crippen molar-refractivity contribution in [3.8, 4) is 5.75 Å². The molecule has 1 aliphatic carbocycles. The third-order valence-electron chi connectivity index (χ3n) is 7.07. The van der Waals surface area contributed by atoms with Crippen LogP contribution in [0.4, 0.5) is 8.78 Å². The number of benzene rings is 1. The van der Waals surface area contributed by atoms with Gasteiger partial charge in [0.05, 0.1) is 21.9 Å². The minimum absolute atomic E-state index is 0.190. The zero-order chi connectivity index (χ0) is 29.1. The van der Waals surface area contributed by atoms with E-state index in [1.807, 2.05) is 20.8 Å². The fourth-order valence-corrected chi connectivity index (χ4v) is 5.41. The second kappa shape index (κ2) is 12.4. The van der Waals surface area contributed by atoms with Crippen molar-refractivity contribution in [3.05, 3.63) is 64.1 Å². The molecule has 0 saturated heterocycles. The molecule has 2 aromatic heterocycles. The van der Waals surface area contributed by atoms with Gasteiger partial charge in [0, 0.05) is 24.3 Å². The summed E-state index contributed by atoms with van der Waals surface area (Å²) in [5.74, 6) is -1.60. The summed E-state index contributed by atoms with van der Waals surface area (Å²) in [6.07, 6.45) is 5.92. The van der Waals surface area contributed by atoms with Crippen molar-refractivity contribution in [2.75, 3.05) is 6.54 Å². The topological polar surface area (TPSA) is 97.1 Å². The number of fused-ring (bicyclic) bond motifs is 1. The van der Waals surface area contributed by atoms with Gasteiger partial charge in [-0.2, -0.15) is 0 Å². The van der Waals surface area contributed by atoms with Crippen molar-refractivity contribution < 1.29 is 28.2 Å². The van der Waals surface area contributed by atoms with Gasteiger partial charge in [-0.15, -0.1) is 0 Å². The zero-order valence-electron chi connectivity index (χ0n) is 23.3. The molecule has 0 aliphatic heterocycles. The predicted octanol–water partition coefficient (Wildman–Crippen LogP) is 5.66. The number of aliphatic hydroxyl groups is 1. The standard InChI is InChI=1S/C29H37ClF2N4O4/c1-18-24(26(37)33-14-13-29(11-6-5-7-12-29)35-27(38)40-28(2,3)4)36-16-19(30)15-23(25(36)34-18)39-17-20-21(31)9-8-10-22(20)32/h8-10,15-16,27,35,38H,5-7,11-14,17H2,1-4H3,(H,33,37). The Morgan fingerprint density at radius 2 is 1.90 bits per heavy atom. The van der Waals surface area contributed by atoms with Crippen molar-refractivity contribution in [2.45, 2.75) is 90.4 Å². The average molecular weight is 579 g/mol. The van der Waals surface area contributed by atoms with E-state index in [1.165, 1.54) is 16.5 Å². The molecule has 1 atom stereocenters. The molecular weight excluding hydrogens is 542 g/mol. The third kappa shape index (κ3) is 7.28. The van der Waals surface area contributed by atoms with Crippen LogP contribution < -0.4 is 15.4 Å². The van der Waals surface area contributed by atoms with Crippen LogP contribution in [0.2, 0.25) is 5.02 Å². The summed E-state index contributed by atoms with van der Waals surface area (Å²) in [5, 5.41) is 17.0. The first-order valence-corrected chi connectivity index (χ1v) is 13.9. The third-order valence-corrected chi connectivity index (χ3v) is 7.28. The molecule has 0 bridgehead atoms. The maximum absolute atomic E-state index is 14.1. The first-order valence-electron chi connectivity index (χ1n) is 13.5. The number of halogens is 3. The highest BCUT2D eigenvalue weighted by molar-refractivity contribution is 6.30. The number of aromatic nitrogens is 2. The molecule has 1 saturated carbocycles. The predicted molar refractivity (Wildman–Crippen MR) is 148 cm³/mol. The smallest absolute Gasteiger partial charge is 0.270 e. The first-order chi connectivity index (χ1) is 18.9. The number of aliphatic hydroxyl groups excluding tert-OH is 1. The highest BCUT2D eigenvalue weighted by atomic mass is 35.5. The van der Waals surface area contributed by atoms with Crippen molar-refractivity contribution in [1.82, 2.24) is 20.0 Å². The number of pyridine rings is 1. The first kappa shape index (κ1) is 30.2. The lowest BCUT2D eigenvalue weighted by Crippen LogP contribution is -2.55. The molecule has 11 heteroatoms. The van der Waals surface area contributed by atoms with Gasteiger partial charge in [0.15, 0.2) is 11.4 Å². The number of ether oxygens (including phenoxy) is 2. The fourth-order valence-electron chi connectivity index (χ4n) is 5.22. The van der Waals surface area contributed by atoms with Crippen LogP contribution in [0, 0.1) is 18.6 Å². The summed E-state index contributed by atoms with van der Waals surface area (Å²) in [4.78, 5) is 17.8. The monoisotopic (exact) mass is 578 g/mol. The summed E-state index contributed by atoms with van der Waals surface area (Å²) in [7, 11) is 0. The number of aryl methyl sites for hydroxylation is 1. The Morgan fingerprint density at radius 3 is 2.55 bits per heavy atom. The van der Waals surface area contributed by atoms with Crippen LogP contribution in [0.25, 0.3) is 5.65 Å². The number of carbonyl (C=O) groups is 1. The van der Waals surface area contributed by atoms with E-state index in [0.29, 0.717) is 24.3 Å². The number of imidazole rings is 1. The van der Waals surface area contributed by atoms with Gasteiger partial charge in [-0.1, -0.05) is 36.9 Å². The lowest BCUT2D eigenvalue weighted by molar-refractivity contribution is -0.194. The molecule has 1 amide bonds. The van der Waals surface area contributed by atoms with Gasteiger partial charge in [0.1, 0.15) is 23.9 Å². The molecule has 0 spiro atoms. The summed E-state index contributed by atoms with van der Waals surface area (Å²) in [6.45, 7) is 7.32. The number of hydrogen-bond acceptors (Lipinski definition) is 6. The number of carbonyl (C=O) groups excluding carboxylic acids is 1. The van der Waals surface area contributed by atoms with E-state index in [4.69, 9.17) is 21.1 Å². The quantitative estimate of drug-likeness (QED) is 0.269. The van der Waals surface area contributed by atoms with Crippen LogP contribution in [0.1, 0.15) is 81.0 Å². The Bertz CT molecular complexity index is 1330. The minimum Gasteiger partial charge on any atom is -0.485 e. The van der Waals surface area contributed by atoms with E-state index >= 15 is 0 Å². The maximum atomic E-state index is 14.1. The molecule has 2 heterocycles. The van der Waals surface area contributed by atoms with E-state index in [2.05, 4.69) is 15.6 Å². The van der Waals surface area contributed by atoms with E-state index in [1.54, 1.807) is 13.1 Å². The van der Waals surface area contributed by atoms with Crippen molar-refractivity contribution >= 4 is 23.2 Å². The molecule has 1 unspecified atom stereocenters. The highest BCUT2D eigenvalue weighted by Crippen LogP contribution is 2.32. The van der Waals surface area contributed by atoms with Crippen molar-refractivity contribution in [3.63, 3.8) is 0 Å². The number of hydrogen-bond donors (Lipinski definition) is 3. The van der Waals surface area contributed by atoms with E-state index in [0.717, 1.165) is 44.2 Å². The fraction of sp³-hybridized carbons (Fsp3) is 0.517. The van der Waals surface area contributed by atoms with Crippen LogP contribution in [-0.4, -0.2) is 44.5 Å². The van der Waals surface area contributed by atoms with Crippen LogP contribution in [0.15, 0.2) is 30.5 Å². The largest absolute Gasteiger partial charge is 0.485 e. The van der Waals surface area contributed by atoms with E-state index < -0.39 is 23.6 Å². The molecule has 3 aromatic rings. The Balaban J connectivity index is 1.48. The number of amides is 1. The molecule has 1 fully saturated rings. The van der Waals surface area contributed by atoms with Gasteiger partial charge in [0.2, 0.25) is 6.41 Å². The van der Waals surface area contributed by atoms with Crippen molar-refractivity contribution in [2.24, 2.45) is 0 Å². The lowest BCUT2D eigenvalue weighted by Gasteiger charge is -2.41. The lowest BCUT2D eigenvalue weighted by atomic mass is 9.79. The van der Waals surface area contributed by atoms with Gasteiger partial charge in [-0.3, -0.25) is 14.5 Å². The summed E-state index contributed by atoms with van der Waals surface area (Å²) < 4.78 is 41.1. The summed E-state index contributed by atoms with van der Waals surface area (Å²) in [5.41, 5.74) is -0.0642. The molecule has 4 rings (SSSR count). The Labute approximate surface area is 238 Å². The molecule has 218 valence electrons. The second-order valence-corrected chi connectivity index (χ2v) is 11.8. The molecule has 40 heavy (non-hydrogen) atoms. The molecule has 3 N–H and O–H groups in total. The molecule has 0 radical (unpaired) electrons. The Hall–Kier alpha value is -2.79. The second-order valence-electron chi connectivity index (χ2n) is 11.3. The van der Waals surface area contributed by atoms with Crippen molar-refractivity contribution in [1.29, 1.82) is 0 Å². The maximum Gasteiger partial charge on any atom is 0.270 e. The summed E-state index contributed by atoms with van der Waals surface area (Å²) in [6, 6.07) is 5.08. The van der Waals surface area contributed by atoms with Gasteiger partial charge in [0.25, 0.3) is 5.91 Å². The average Bonchev–Trinajstić information content (AvgIpc) is 3.18. The zero-order valence-corrected chi connectivity index (χ0v) is 24.1. The number of rotatable bonds is 10. The molecule has 1 aliphatic rings. The van der Waals surface area contributed by atoms with E-state index in [-0.39, 0.29) is 40.1 Å². The van der Waals surface area contributed by atoms with E-state index in [9.17, 15) is 18.7 Å². The molecule has 1 aromatic carbocycles. The summed E-state index contributed by atoms with van der Waals surface area (Å²) >= 11 is 6.32. The minimum atomic E-state index is -1.12. The Morgan fingerprint density at radius 1 is 1.23 bits per heavy atom. The van der Waals surface area contributed by atoms with Crippen LogP contribution in [0.5, 0.6) is 5.75 Å². The normalized spacial score (nSPS) is 16.2. The van der Waals surface area contributed by atoms with Gasteiger partial charge in [-0.25, -0.2) is 13.8 Å². The van der Waals surface area contributed by atoms with Gasteiger partial charge >= 0.3 is 0 Å². The molecule has 8 nitrogen and oxygen atoms in total. The SMILES string of the molecule is Cc1nc2c(OCc3c(F)cccc3F)cc(Cl)cn2c1C(=O)NCCC1(NC(O)OC(C)(C)C)CCCCC1. The number of nitrogens with one attached hydrogen (secondary N) is 2. The molecular formula is C29H37ClF2N4O4. The van der Waals surface area contributed by atoms with Crippen LogP contribution >= 0.6 is 11.6 Å². The number of nitrogens with zero attached hydrogens (tertiary/aromatic N) is 2. The van der Waals surface area contributed by atoms with Gasteiger partial charge in [-0.05, 0) is 59.1 Å². The Kier molecular flexibility index (Phi) is 9.34. The van der Waals surface area contributed by atoms with Crippen LogP contribution in [0.3, 0.4) is 0 Å². The highest BCUT2D eigenvalue weighted by Gasteiger charge is 2.35. The van der Waals surface area contributed by atoms with Crippen LogP contribution in [-0.2, 0) is 11.3 Å².